The maximum absolute atomic E-state index is 13.4. The van der Waals surface area contributed by atoms with Crippen LogP contribution in [-0.2, 0) is 19.1 Å². The Morgan fingerprint density at radius 1 is 1.12 bits per heavy atom. The van der Waals surface area contributed by atoms with Crippen molar-refractivity contribution in [2.24, 2.45) is 29.1 Å². The molecule has 1 unspecified atom stereocenters. The summed E-state index contributed by atoms with van der Waals surface area (Å²) in [6.07, 6.45) is 9.20. The van der Waals surface area contributed by atoms with Crippen molar-refractivity contribution in [2.45, 2.75) is 88.9 Å². The zero-order valence-corrected chi connectivity index (χ0v) is 19.0. The van der Waals surface area contributed by atoms with Crippen LogP contribution in [-0.4, -0.2) is 45.1 Å². The Morgan fingerprint density at radius 2 is 1.91 bits per heavy atom. The number of aliphatic hydroxyl groups is 2. The van der Waals surface area contributed by atoms with Crippen LogP contribution in [0.25, 0.3) is 0 Å². The van der Waals surface area contributed by atoms with E-state index < -0.39 is 28.7 Å². The summed E-state index contributed by atoms with van der Waals surface area (Å²) in [5, 5.41) is 22.4. The number of carbonyl (C=O) groups is 3. The molecular formula is C26H34O6. The quantitative estimate of drug-likeness (QED) is 0.638. The third kappa shape index (κ3) is 2.81. The number of ether oxygens (including phenoxy) is 1. The van der Waals surface area contributed by atoms with E-state index in [0.29, 0.717) is 24.7 Å². The largest absolute Gasteiger partial charge is 0.448 e. The minimum absolute atomic E-state index is 0.168. The highest BCUT2D eigenvalue weighted by molar-refractivity contribution is 5.93. The predicted molar refractivity (Wildman–Crippen MR) is 116 cm³/mol. The van der Waals surface area contributed by atoms with E-state index in [-0.39, 0.29) is 42.7 Å². The number of cyclic esters (lactones) is 1. The number of allylic oxidation sites excluding steroid dienone is 4. The maximum Gasteiger partial charge on any atom is 0.309 e. The molecule has 0 amide bonds. The van der Waals surface area contributed by atoms with Gasteiger partial charge < -0.3 is 14.9 Å². The van der Waals surface area contributed by atoms with E-state index >= 15 is 0 Å². The first-order chi connectivity index (χ1) is 15.1. The van der Waals surface area contributed by atoms with Crippen molar-refractivity contribution in [1.82, 2.24) is 0 Å². The Kier molecular flexibility index (Phi) is 5.06. The fourth-order valence-corrected chi connectivity index (χ4v) is 8.15. The second kappa shape index (κ2) is 7.36. The lowest BCUT2D eigenvalue weighted by atomic mass is 9.50. The molecule has 2 N–H and O–H groups in total. The van der Waals surface area contributed by atoms with Gasteiger partial charge in [-0.15, -0.1) is 0 Å². The Labute approximate surface area is 189 Å². The van der Waals surface area contributed by atoms with Gasteiger partial charge in [-0.3, -0.25) is 14.4 Å². The number of ketones is 2. The van der Waals surface area contributed by atoms with E-state index in [9.17, 15) is 24.6 Å². The Balaban J connectivity index is 1.53. The van der Waals surface area contributed by atoms with Gasteiger partial charge in [0.1, 0.15) is 5.60 Å². The standard InChI is InChI=1S/C26H34O6/c1-3-25(22(29)13-17(28)14-23(30)32-25)26(31)11-9-21-20-6-4-15-12-16(27)5-7-18(15)19(20)8-10-24(21,26)2/h4,6,12,17-21,28,31H,3,5,7-11,13-14H2,1-2H3/t17?,18-,19+,20+,21-,24-,25-,26-/m0/s1. The van der Waals surface area contributed by atoms with Crippen LogP contribution >= 0.6 is 0 Å². The predicted octanol–water partition coefficient (Wildman–Crippen LogP) is 3.05. The van der Waals surface area contributed by atoms with Crippen LogP contribution in [0.5, 0.6) is 0 Å². The molecule has 0 aromatic rings. The van der Waals surface area contributed by atoms with Crippen molar-refractivity contribution in [3.63, 3.8) is 0 Å². The number of fused-ring (bicyclic) bond motifs is 5. The highest BCUT2D eigenvalue weighted by Crippen LogP contribution is 2.67. The van der Waals surface area contributed by atoms with Crippen LogP contribution in [0, 0.1) is 29.1 Å². The number of carbonyl (C=O) groups excluding carboxylic acids is 3. The van der Waals surface area contributed by atoms with Crippen LogP contribution < -0.4 is 0 Å². The van der Waals surface area contributed by atoms with Gasteiger partial charge in [0.25, 0.3) is 0 Å². The molecule has 0 aromatic carbocycles. The average molecular weight is 443 g/mol. The zero-order valence-electron chi connectivity index (χ0n) is 19.0. The molecule has 1 saturated heterocycles. The van der Waals surface area contributed by atoms with Gasteiger partial charge in [-0.2, -0.15) is 0 Å². The first kappa shape index (κ1) is 22.0. The summed E-state index contributed by atoms with van der Waals surface area (Å²) in [6.45, 7) is 3.87. The topological polar surface area (TPSA) is 101 Å². The number of hydrogen-bond acceptors (Lipinski definition) is 6. The zero-order chi connectivity index (χ0) is 22.9. The minimum Gasteiger partial charge on any atom is -0.448 e. The molecule has 2 saturated carbocycles. The molecule has 6 nitrogen and oxygen atoms in total. The SMILES string of the molecule is CC[C@]1([C@]2(O)CC[C@H]3[C@@H]4C=CC5=CC(=O)CC[C@@H]5[C@H]4CC[C@@]32C)OC(=O)CC(O)CC1=O. The van der Waals surface area contributed by atoms with Gasteiger partial charge in [-0.25, -0.2) is 0 Å². The number of aliphatic hydroxyl groups excluding tert-OH is 1. The smallest absolute Gasteiger partial charge is 0.309 e. The van der Waals surface area contributed by atoms with E-state index in [2.05, 4.69) is 19.1 Å². The van der Waals surface area contributed by atoms with Gasteiger partial charge in [0.2, 0.25) is 0 Å². The lowest BCUT2D eigenvalue weighted by Crippen LogP contribution is -2.68. The highest BCUT2D eigenvalue weighted by Gasteiger charge is 2.72. The fourth-order valence-electron chi connectivity index (χ4n) is 8.15. The molecule has 0 aromatic heterocycles. The maximum atomic E-state index is 13.4. The van der Waals surface area contributed by atoms with Crippen molar-refractivity contribution < 1.29 is 29.3 Å². The van der Waals surface area contributed by atoms with Crippen LogP contribution in [0.4, 0.5) is 0 Å². The Hall–Kier alpha value is -1.79. The molecular weight excluding hydrogens is 408 g/mol. The van der Waals surface area contributed by atoms with Crippen LogP contribution in [0.15, 0.2) is 23.8 Å². The third-order valence-electron chi connectivity index (χ3n) is 9.75. The Bertz CT molecular complexity index is 919. The van der Waals surface area contributed by atoms with Crippen LogP contribution in [0.3, 0.4) is 0 Å². The molecule has 0 spiro atoms. The van der Waals surface area contributed by atoms with Crippen molar-refractivity contribution in [3.05, 3.63) is 23.8 Å². The summed E-state index contributed by atoms with van der Waals surface area (Å²) in [5.41, 5.74) is -2.51. The summed E-state index contributed by atoms with van der Waals surface area (Å²) in [7, 11) is 0. The van der Waals surface area contributed by atoms with Gasteiger partial charge in [-0.1, -0.05) is 26.0 Å². The molecule has 1 heterocycles. The molecule has 8 atom stereocenters. The molecule has 174 valence electrons. The van der Waals surface area contributed by atoms with Crippen molar-refractivity contribution >= 4 is 17.5 Å². The third-order valence-corrected chi connectivity index (χ3v) is 9.75. The van der Waals surface area contributed by atoms with E-state index in [0.717, 1.165) is 31.3 Å². The van der Waals surface area contributed by atoms with Gasteiger partial charge >= 0.3 is 5.97 Å². The van der Waals surface area contributed by atoms with Gasteiger partial charge in [0.15, 0.2) is 17.2 Å². The van der Waals surface area contributed by atoms with Crippen LogP contribution in [0.2, 0.25) is 0 Å². The molecule has 4 aliphatic carbocycles. The fraction of sp³-hybridized carbons (Fsp3) is 0.731. The number of hydrogen-bond donors (Lipinski definition) is 2. The van der Waals surface area contributed by atoms with E-state index in [1.807, 2.05) is 0 Å². The van der Waals surface area contributed by atoms with Gasteiger partial charge in [-0.05, 0) is 73.8 Å². The molecule has 0 radical (unpaired) electrons. The summed E-state index contributed by atoms with van der Waals surface area (Å²) < 4.78 is 5.80. The summed E-state index contributed by atoms with van der Waals surface area (Å²) >= 11 is 0. The highest BCUT2D eigenvalue weighted by atomic mass is 16.6. The molecule has 1 aliphatic heterocycles. The Morgan fingerprint density at radius 3 is 2.66 bits per heavy atom. The van der Waals surface area contributed by atoms with Crippen LogP contribution in [0.1, 0.15) is 71.6 Å². The summed E-state index contributed by atoms with van der Waals surface area (Å²) in [4.78, 5) is 37.8. The van der Waals surface area contributed by atoms with Crippen molar-refractivity contribution in [3.8, 4) is 0 Å². The van der Waals surface area contributed by atoms with Crippen molar-refractivity contribution in [1.29, 1.82) is 0 Å². The summed E-state index contributed by atoms with van der Waals surface area (Å²) in [5.74, 6) is 0.494. The van der Waals surface area contributed by atoms with E-state index in [1.165, 1.54) is 0 Å². The van der Waals surface area contributed by atoms with E-state index in [4.69, 9.17) is 4.74 Å². The monoisotopic (exact) mass is 442 g/mol. The van der Waals surface area contributed by atoms with E-state index in [1.54, 1.807) is 13.0 Å². The molecule has 3 fully saturated rings. The van der Waals surface area contributed by atoms with Gasteiger partial charge in [0, 0.05) is 18.3 Å². The second-order valence-electron chi connectivity index (χ2n) is 11.0. The first-order valence-electron chi connectivity index (χ1n) is 12.2. The molecule has 0 bridgehead atoms. The van der Waals surface area contributed by atoms with Gasteiger partial charge in [0.05, 0.1) is 12.5 Å². The first-order valence-corrected chi connectivity index (χ1v) is 12.2. The number of rotatable bonds is 2. The normalized spacial score (nSPS) is 48.3. The molecule has 5 aliphatic rings. The molecule has 32 heavy (non-hydrogen) atoms. The second-order valence-corrected chi connectivity index (χ2v) is 11.0. The lowest BCUT2D eigenvalue weighted by molar-refractivity contribution is -0.230. The number of Topliss-reactive ketones (excluding diaryl/α,β-unsaturated/α-hetero) is 1. The average Bonchev–Trinajstić information content (AvgIpc) is 2.96. The van der Waals surface area contributed by atoms with Crippen molar-refractivity contribution in [2.75, 3.05) is 0 Å². The molecule has 6 heteroatoms. The minimum atomic E-state index is -1.61. The molecule has 5 rings (SSSR count). The number of esters is 1. The lowest BCUT2D eigenvalue weighted by Gasteiger charge is -2.57. The summed E-state index contributed by atoms with van der Waals surface area (Å²) in [6, 6.07) is 0.